The van der Waals surface area contributed by atoms with Crippen molar-refractivity contribution in [3.63, 3.8) is 0 Å². The van der Waals surface area contributed by atoms with E-state index < -0.39 is 6.04 Å². The van der Waals surface area contributed by atoms with Gasteiger partial charge in [-0.2, -0.15) is 9.78 Å². The Hall–Kier alpha value is -3.38. The number of nitrogens with one attached hydrogen (secondary N) is 1. The summed E-state index contributed by atoms with van der Waals surface area (Å²) in [5.41, 5.74) is 3.11. The molecular weight excluding hydrogens is 424 g/mol. The summed E-state index contributed by atoms with van der Waals surface area (Å²) in [5, 5.41) is 9.42. The monoisotopic (exact) mass is 448 g/mol. The molecule has 2 heterocycles. The van der Waals surface area contributed by atoms with Gasteiger partial charge in [-0.05, 0) is 50.1 Å². The molecule has 0 aliphatic rings. The average molecular weight is 449 g/mol. The highest BCUT2D eigenvalue weighted by Crippen LogP contribution is 2.28. The first-order chi connectivity index (χ1) is 15.4. The van der Waals surface area contributed by atoms with Crippen LogP contribution in [0.1, 0.15) is 36.3 Å². The van der Waals surface area contributed by atoms with Crippen molar-refractivity contribution < 1.29 is 4.79 Å². The minimum absolute atomic E-state index is 0.0923. The Bertz CT molecular complexity index is 1320. The number of aromatic nitrogens is 3. The zero-order valence-corrected chi connectivity index (χ0v) is 19.1. The number of hydrogen-bond acceptors (Lipinski definition) is 3. The minimum Gasteiger partial charge on any atom is -0.350 e. The number of carbonyl (C=O) groups excluding carboxylic acids is 1. The summed E-state index contributed by atoms with van der Waals surface area (Å²) >= 11 is 5.94. The van der Waals surface area contributed by atoms with E-state index in [-0.39, 0.29) is 11.5 Å². The first-order valence-electron chi connectivity index (χ1n) is 10.6. The van der Waals surface area contributed by atoms with Gasteiger partial charge in [-0.25, -0.2) is 0 Å². The van der Waals surface area contributed by atoms with E-state index in [1.54, 1.807) is 18.3 Å². The fourth-order valence-corrected chi connectivity index (χ4v) is 4.32. The lowest BCUT2D eigenvalue weighted by molar-refractivity contribution is -0.124. The maximum Gasteiger partial charge on any atom is 0.281 e. The predicted molar refractivity (Wildman–Crippen MR) is 127 cm³/mol. The highest BCUT2D eigenvalue weighted by molar-refractivity contribution is 6.30. The predicted octanol–water partition coefficient (Wildman–Crippen LogP) is 4.72. The molecule has 1 amide bonds. The van der Waals surface area contributed by atoms with Crippen LogP contribution in [0.2, 0.25) is 5.02 Å². The van der Waals surface area contributed by atoms with Crippen molar-refractivity contribution in [3.05, 3.63) is 93.1 Å². The third kappa shape index (κ3) is 3.94. The Kier molecular flexibility index (Phi) is 6.15. The highest BCUT2D eigenvalue weighted by Gasteiger charge is 2.25. The number of benzene rings is 2. The Morgan fingerprint density at radius 1 is 1.06 bits per heavy atom. The molecule has 4 aromatic rings. The van der Waals surface area contributed by atoms with Gasteiger partial charge in [-0.15, -0.1) is 0 Å². The van der Waals surface area contributed by atoms with Crippen LogP contribution in [0.4, 0.5) is 0 Å². The molecule has 7 heteroatoms. The number of nitrogens with zero attached hydrogens (tertiary/aromatic N) is 3. The quantitative estimate of drug-likeness (QED) is 0.463. The lowest BCUT2D eigenvalue weighted by Crippen LogP contribution is -2.32. The highest BCUT2D eigenvalue weighted by atomic mass is 35.5. The van der Waals surface area contributed by atoms with Crippen molar-refractivity contribution in [1.29, 1.82) is 0 Å². The molecule has 1 N–H and O–H groups in total. The van der Waals surface area contributed by atoms with Gasteiger partial charge in [0.2, 0.25) is 5.91 Å². The second kappa shape index (κ2) is 9.01. The molecule has 4 rings (SSSR count). The molecule has 32 heavy (non-hydrogen) atoms. The molecule has 0 bridgehead atoms. The molecule has 2 aromatic heterocycles. The van der Waals surface area contributed by atoms with Crippen molar-refractivity contribution in [2.24, 2.45) is 0 Å². The van der Waals surface area contributed by atoms with Crippen molar-refractivity contribution in [2.75, 3.05) is 0 Å². The molecule has 0 unspecified atom stereocenters. The first-order valence-corrected chi connectivity index (χ1v) is 11.0. The number of halogens is 1. The molecule has 0 saturated carbocycles. The van der Waals surface area contributed by atoms with E-state index in [0.29, 0.717) is 29.1 Å². The van der Waals surface area contributed by atoms with E-state index in [1.807, 2.05) is 67.8 Å². The summed E-state index contributed by atoms with van der Waals surface area (Å²) in [5.74, 6) is -0.0923. The summed E-state index contributed by atoms with van der Waals surface area (Å²) in [7, 11) is 0. The smallest absolute Gasteiger partial charge is 0.281 e. The Morgan fingerprint density at radius 3 is 2.41 bits per heavy atom. The van der Waals surface area contributed by atoms with Crippen LogP contribution >= 0.6 is 11.6 Å². The number of amides is 1. The number of fused-ring (bicyclic) bond motifs is 1. The molecule has 0 spiro atoms. The first kappa shape index (κ1) is 21.8. The van der Waals surface area contributed by atoms with Crippen molar-refractivity contribution >= 4 is 28.3 Å². The second-order valence-electron chi connectivity index (χ2n) is 7.79. The van der Waals surface area contributed by atoms with Crippen molar-refractivity contribution in [1.82, 2.24) is 19.7 Å². The molecule has 0 radical (unpaired) electrons. The fraction of sp³-hybridized carbons (Fsp3) is 0.240. The van der Waals surface area contributed by atoms with Crippen LogP contribution in [-0.2, 0) is 11.3 Å². The van der Waals surface area contributed by atoms with Crippen LogP contribution in [0, 0.1) is 13.8 Å². The third-order valence-corrected chi connectivity index (χ3v) is 6.09. The van der Waals surface area contributed by atoms with Gasteiger partial charge in [0, 0.05) is 28.3 Å². The maximum absolute atomic E-state index is 13.3. The minimum atomic E-state index is -0.431. The maximum atomic E-state index is 13.3. The fourth-order valence-electron chi connectivity index (χ4n) is 4.19. The van der Waals surface area contributed by atoms with E-state index in [1.165, 1.54) is 4.68 Å². The number of carbonyl (C=O) groups is 1. The Morgan fingerprint density at radius 2 is 1.75 bits per heavy atom. The normalized spacial score (nSPS) is 12.1. The number of para-hydroxylation sites is 1. The largest absolute Gasteiger partial charge is 0.350 e. The lowest BCUT2D eigenvalue weighted by atomic mass is 10.1. The van der Waals surface area contributed by atoms with Gasteiger partial charge in [0.1, 0.15) is 6.04 Å². The van der Waals surface area contributed by atoms with Gasteiger partial charge in [-0.3, -0.25) is 9.59 Å². The standard InChI is InChI=1S/C25H25ClN4O2/c1-4-22(24(31)27-14-18-10-12-19(26)13-11-18)29-16(2)21-15-28-30(20-8-6-5-7-9-20)25(32)23(21)17(29)3/h5-13,15,22H,4,14H2,1-3H3,(H,27,31)/t22-/m1/s1. The zero-order chi connectivity index (χ0) is 22.8. The second-order valence-corrected chi connectivity index (χ2v) is 8.23. The SMILES string of the molecule is CC[C@H](C(=O)NCc1ccc(Cl)cc1)n1c(C)c2cnn(-c3ccccc3)c(=O)c2c1C. The molecule has 164 valence electrons. The Labute approximate surface area is 191 Å². The van der Waals surface area contributed by atoms with Gasteiger partial charge >= 0.3 is 0 Å². The molecular formula is C25H25ClN4O2. The summed E-state index contributed by atoms with van der Waals surface area (Å²) in [4.78, 5) is 26.4. The van der Waals surface area contributed by atoms with Crippen LogP contribution in [0.15, 0.2) is 65.6 Å². The molecule has 0 aliphatic carbocycles. The van der Waals surface area contributed by atoms with Gasteiger partial charge in [0.15, 0.2) is 0 Å². The summed E-state index contributed by atoms with van der Waals surface area (Å²) in [6.07, 6.45) is 2.30. The van der Waals surface area contributed by atoms with Crippen LogP contribution < -0.4 is 10.9 Å². The third-order valence-electron chi connectivity index (χ3n) is 5.83. The average Bonchev–Trinajstić information content (AvgIpc) is 3.06. The van der Waals surface area contributed by atoms with E-state index in [9.17, 15) is 9.59 Å². The molecule has 0 fully saturated rings. The zero-order valence-electron chi connectivity index (χ0n) is 18.3. The summed E-state index contributed by atoms with van der Waals surface area (Å²) < 4.78 is 3.36. The van der Waals surface area contributed by atoms with Gasteiger partial charge in [0.25, 0.3) is 5.56 Å². The van der Waals surface area contributed by atoms with Crippen LogP contribution in [0.25, 0.3) is 16.5 Å². The van der Waals surface area contributed by atoms with Gasteiger partial charge in [0.05, 0.1) is 17.3 Å². The lowest BCUT2D eigenvalue weighted by Gasteiger charge is -2.21. The molecule has 1 atom stereocenters. The van der Waals surface area contributed by atoms with Crippen LogP contribution in [-0.4, -0.2) is 20.3 Å². The number of rotatable bonds is 6. The van der Waals surface area contributed by atoms with E-state index >= 15 is 0 Å². The van der Waals surface area contributed by atoms with Gasteiger partial charge in [-0.1, -0.05) is 48.9 Å². The Balaban J connectivity index is 1.70. The van der Waals surface area contributed by atoms with Crippen LogP contribution in [0.3, 0.4) is 0 Å². The molecule has 2 aromatic carbocycles. The summed E-state index contributed by atoms with van der Waals surface area (Å²) in [6.45, 7) is 6.20. The summed E-state index contributed by atoms with van der Waals surface area (Å²) in [6, 6.07) is 16.3. The van der Waals surface area contributed by atoms with E-state index in [4.69, 9.17) is 11.6 Å². The number of aryl methyl sites for hydroxylation is 2. The number of hydrogen-bond donors (Lipinski definition) is 1. The molecule has 0 saturated heterocycles. The van der Waals surface area contributed by atoms with Gasteiger partial charge < -0.3 is 9.88 Å². The molecule has 0 aliphatic heterocycles. The van der Waals surface area contributed by atoms with Crippen molar-refractivity contribution in [3.8, 4) is 5.69 Å². The van der Waals surface area contributed by atoms with E-state index in [0.717, 1.165) is 22.3 Å². The van der Waals surface area contributed by atoms with Crippen molar-refractivity contribution in [2.45, 2.75) is 39.8 Å². The van der Waals surface area contributed by atoms with Crippen LogP contribution in [0.5, 0.6) is 0 Å². The topological polar surface area (TPSA) is 68.9 Å². The van der Waals surface area contributed by atoms with E-state index in [2.05, 4.69) is 10.4 Å². The molecule has 6 nitrogen and oxygen atoms in total.